The van der Waals surface area contributed by atoms with Crippen LogP contribution in [0, 0.1) is 11.3 Å². The minimum absolute atomic E-state index is 0.124. The monoisotopic (exact) mass is 186 g/mol. The van der Waals surface area contributed by atoms with Crippen LogP contribution in [0.15, 0.2) is 29.4 Å². The molecule has 0 bridgehead atoms. The summed E-state index contributed by atoms with van der Waals surface area (Å²) in [6.45, 7) is 0. The molecule has 1 heterocycles. The first-order valence-electron chi connectivity index (χ1n) is 3.92. The second kappa shape index (κ2) is 3.18. The number of rotatable bonds is 1. The molecule has 0 atom stereocenters. The zero-order valence-electron chi connectivity index (χ0n) is 7.10. The molecule has 0 saturated carbocycles. The summed E-state index contributed by atoms with van der Waals surface area (Å²) in [5.41, 5.74) is 1.42. The molecule has 14 heavy (non-hydrogen) atoms. The second-order valence-electron chi connectivity index (χ2n) is 2.66. The van der Waals surface area contributed by atoms with Gasteiger partial charge in [0.05, 0.1) is 11.0 Å². The average molecular weight is 186 g/mol. The van der Waals surface area contributed by atoms with E-state index in [2.05, 4.69) is 15.1 Å². The lowest BCUT2D eigenvalue weighted by Crippen LogP contribution is -1.99. The zero-order chi connectivity index (χ0) is 9.97. The number of imidazole rings is 1. The summed E-state index contributed by atoms with van der Waals surface area (Å²) in [6.07, 6.45) is 0. The Bertz CT molecular complexity index is 502. The third-order valence-electron chi connectivity index (χ3n) is 1.82. The molecule has 68 valence electrons. The number of H-pyrrole nitrogens is 1. The Labute approximate surface area is 79.3 Å². The topological polar surface area (TPSA) is 85.1 Å². The molecule has 0 spiro atoms. The van der Waals surface area contributed by atoms with E-state index in [1.54, 1.807) is 6.07 Å². The fourth-order valence-electron chi connectivity index (χ4n) is 1.19. The Hall–Kier alpha value is -2.35. The van der Waals surface area contributed by atoms with E-state index in [0.29, 0.717) is 0 Å². The van der Waals surface area contributed by atoms with Gasteiger partial charge in [0, 0.05) is 0 Å². The number of aromatic nitrogens is 2. The molecule has 2 N–H and O–H groups in total. The standard InChI is InChI=1S/C9H6N4O/c10-5-8(13-14)9-11-6-3-1-2-4-7(6)12-9/h1-4,14H,(H,11,12)/b13-8-. The Balaban J connectivity index is 2.62. The van der Waals surface area contributed by atoms with Gasteiger partial charge in [-0.25, -0.2) is 4.98 Å². The number of hydrogen-bond donors (Lipinski definition) is 2. The molecule has 1 aromatic heterocycles. The Morgan fingerprint density at radius 1 is 1.50 bits per heavy atom. The maximum atomic E-state index is 8.60. The summed E-state index contributed by atoms with van der Waals surface area (Å²) in [7, 11) is 0. The van der Waals surface area contributed by atoms with Gasteiger partial charge in [0.25, 0.3) is 0 Å². The summed E-state index contributed by atoms with van der Waals surface area (Å²) >= 11 is 0. The van der Waals surface area contributed by atoms with Gasteiger partial charge in [0.2, 0.25) is 5.71 Å². The molecule has 0 saturated heterocycles. The van der Waals surface area contributed by atoms with Crippen LogP contribution in [0.25, 0.3) is 11.0 Å². The summed E-state index contributed by atoms with van der Waals surface area (Å²) in [6, 6.07) is 9.07. The molecule has 2 rings (SSSR count). The number of nitriles is 1. The van der Waals surface area contributed by atoms with Crippen LogP contribution < -0.4 is 0 Å². The van der Waals surface area contributed by atoms with E-state index < -0.39 is 0 Å². The normalized spacial score (nSPS) is 11.5. The fourth-order valence-corrected chi connectivity index (χ4v) is 1.19. The zero-order valence-corrected chi connectivity index (χ0v) is 7.10. The van der Waals surface area contributed by atoms with Crippen LogP contribution in [0.3, 0.4) is 0 Å². The van der Waals surface area contributed by atoms with E-state index in [1.807, 2.05) is 24.3 Å². The summed E-state index contributed by atoms with van der Waals surface area (Å²) in [5.74, 6) is 0.274. The van der Waals surface area contributed by atoms with Crippen molar-refractivity contribution in [2.45, 2.75) is 0 Å². The van der Waals surface area contributed by atoms with Crippen molar-refractivity contribution in [1.82, 2.24) is 9.97 Å². The summed E-state index contributed by atoms with van der Waals surface area (Å²) in [5, 5.41) is 19.9. The summed E-state index contributed by atoms with van der Waals surface area (Å²) in [4.78, 5) is 6.96. The van der Waals surface area contributed by atoms with Crippen LogP contribution in [0.1, 0.15) is 5.82 Å². The lowest BCUT2D eigenvalue weighted by atomic mass is 10.3. The number of hydrogen-bond acceptors (Lipinski definition) is 4. The number of para-hydroxylation sites is 2. The van der Waals surface area contributed by atoms with Crippen molar-refractivity contribution in [3.05, 3.63) is 30.1 Å². The first-order valence-corrected chi connectivity index (χ1v) is 3.92. The van der Waals surface area contributed by atoms with Gasteiger partial charge in [-0.15, -0.1) is 0 Å². The molecule has 0 fully saturated rings. The molecule has 0 aliphatic heterocycles. The highest BCUT2D eigenvalue weighted by Gasteiger charge is 2.08. The van der Waals surface area contributed by atoms with Crippen molar-refractivity contribution >= 4 is 16.7 Å². The minimum atomic E-state index is -0.124. The van der Waals surface area contributed by atoms with Gasteiger partial charge in [-0.3, -0.25) is 0 Å². The molecular formula is C9H6N4O. The second-order valence-corrected chi connectivity index (χ2v) is 2.66. The van der Waals surface area contributed by atoms with E-state index >= 15 is 0 Å². The van der Waals surface area contributed by atoms with Crippen molar-refractivity contribution in [3.8, 4) is 6.07 Å². The van der Waals surface area contributed by atoms with Crippen molar-refractivity contribution in [2.75, 3.05) is 0 Å². The molecule has 1 aromatic carbocycles. The van der Waals surface area contributed by atoms with E-state index in [9.17, 15) is 0 Å². The predicted molar refractivity (Wildman–Crippen MR) is 50.0 cm³/mol. The van der Waals surface area contributed by atoms with Gasteiger partial charge in [-0.2, -0.15) is 5.26 Å². The third kappa shape index (κ3) is 1.19. The highest BCUT2D eigenvalue weighted by Crippen LogP contribution is 2.10. The number of fused-ring (bicyclic) bond motifs is 1. The van der Waals surface area contributed by atoms with Gasteiger partial charge in [0.1, 0.15) is 6.07 Å². The van der Waals surface area contributed by atoms with Crippen molar-refractivity contribution < 1.29 is 5.21 Å². The quantitative estimate of drug-likeness (QED) is 0.399. The van der Waals surface area contributed by atoms with E-state index in [1.165, 1.54) is 0 Å². The molecule has 0 radical (unpaired) electrons. The van der Waals surface area contributed by atoms with Gasteiger partial charge >= 0.3 is 0 Å². The molecular weight excluding hydrogens is 180 g/mol. The molecule has 0 aliphatic rings. The Kier molecular flexibility index (Phi) is 1.88. The molecule has 5 heteroatoms. The molecule has 2 aromatic rings. The van der Waals surface area contributed by atoms with Gasteiger partial charge in [-0.05, 0) is 12.1 Å². The maximum Gasteiger partial charge on any atom is 0.221 e. The lowest BCUT2D eigenvalue weighted by molar-refractivity contribution is 0.320. The van der Waals surface area contributed by atoms with Crippen LogP contribution in [-0.2, 0) is 0 Å². The average Bonchev–Trinajstić information content (AvgIpc) is 2.63. The number of oxime groups is 1. The highest BCUT2D eigenvalue weighted by atomic mass is 16.4. The molecule has 0 unspecified atom stereocenters. The summed E-state index contributed by atoms with van der Waals surface area (Å²) < 4.78 is 0. The maximum absolute atomic E-state index is 8.60. The van der Waals surface area contributed by atoms with Crippen LogP contribution >= 0.6 is 0 Å². The fraction of sp³-hybridized carbons (Fsp3) is 0. The van der Waals surface area contributed by atoms with Crippen molar-refractivity contribution in [1.29, 1.82) is 5.26 Å². The van der Waals surface area contributed by atoms with Crippen LogP contribution in [0.5, 0.6) is 0 Å². The van der Waals surface area contributed by atoms with Gasteiger partial charge in [-0.1, -0.05) is 17.3 Å². The van der Waals surface area contributed by atoms with E-state index in [4.69, 9.17) is 10.5 Å². The first-order chi connectivity index (χ1) is 6.85. The predicted octanol–water partition coefficient (Wildman–Crippen LogP) is 1.26. The number of nitrogens with zero attached hydrogens (tertiary/aromatic N) is 3. The molecule has 0 aliphatic carbocycles. The van der Waals surface area contributed by atoms with Crippen LogP contribution in [0.2, 0.25) is 0 Å². The molecule has 0 amide bonds. The molecule has 5 nitrogen and oxygen atoms in total. The van der Waals surface area contributed by atoms with Crippen molar-refractivity contribution in [2.24, 2.45) is 5.16 Å². The Morgan fingerprint density at radius 3 is 2.93 bits per heavy atom. The minimum Gasteiger partial charge on any atom is -0.410 e. The van der Waals surface area contributed by atoms with Crippen LogP contribution in [-0.4, -0.2) is 20.9 Å². The van der Waals surface area contributed by atoms with E-state index in [0.717, 1.165) is 11.0 Å². The lowest BCUT2D eigenvalue weighted by Gasteiger charge is -1.85. The largest absolute Gasteiger partial charge is 0.410 e. The highest BCUT2D eigenvalue weighted by molar-refractivity contribution is 6.10. The first kappa shape index (κ1) is 8.26. The van der Waals surface area contributed by atoms with Gasteiger partial charge in [0.15, 0.2) is 5.82 Å². The van der Waals surface area contributed by atoms with Gasteiger partial charge < -0.3 is 10.2 Å². The van der Waals surface area contributed by atoms with Crippen molar-refractivity contribution in [3.63, 3.8) is 0 Å². The SMILES string of the molecule is N#C/C(=N/O)c1nc2ccccc2[nH]1. The number of aromatic amines is 1. The third-order valence-corrected chi connectivity index (χ3v) is 1.82. The Morgan fingerprint density at radius 2 is 2.29 bits per heavy atom. The van der Waals surface area contributed by atoms with E-state index in [-0.39, 0.29) is 11.5 Å². The smallest absolute Gasteiger partial charge is 0.221 e. The number of nitrogens with one attached hydrogen (secondary N) is 1. The van der Waals surface area contributed by atoms with Crippen LogP contribution in [0.4, 0.5) is 0 Å². The number of benzene rings is 1.